The lowest BCUT2D eigenvalue weighted by Gasteiger charge is -2.32. The molecule has 0 saturated carbocycles. The first-order chi connectivity index (χ1) is 6.15. The molecule has 4 heteroatoms. The Morgan fingerprint density at radius 1 is 1.62 bits per heavy atom. The lowest BCUT2D eigenvalue weighted by atomic mass is 10.1. The summed E-state index contributed by atoms with van der Waals surface area (Å²) < 4.78 is 12.8. The molecule has 1 fully saturated rings. The number of likely N-dealkylation sites (tertiary alicyclic amines) is 1. The van der Waals surface area contributed by atoms with E-state index in [4.69, 9.17) is 5.11 Å². The molecule has 1 N–H and O–H groups in total. The van der Waals surface area contributed by atoms with Crippen molar-refractivity contribution in [2.45, 2.75) is 38.4 Å². The van der Waals surface area contributed by atoms with Crippen LogP contribution in [0.2, 0.25) is 0 Å². The van der Waals surface area contributed by atoms with Crippen molar-refractivity contribution < 1.29 is 14.3 Å². The molecule has 76 valence electrons. The Labute approximate surface area is 77.5 Å². The monoisotopic (exact) mass is 189 g/mol. The SMILES string of the molecule is CC[C@H](C(=O)O)N1CCC(F)CC1. The number of carboxylic acid groups (broad SMARTS) is 1. The third-order valence-corrected chi connectivity index (χ3v) is 2.57. The highest BCUT2D eigenvalue weighted by molar-refractivity contribution is 5.73. The van der Waals surface area contributed by atoms with Crippen molar-refractivity contribution in [3.8, 4) is 0 Å². The lowest BCUT2D eigenvalue weighted by molar-refractivity contribution is -0.144. The number of nitrogens with zero attached hydrogens (tertiary/aromatic N) is 1. The van der Waals surface area contributed by atoms with Crippen LogP contribution in [-0.2, 0) is 4.79 Å². The molecule has 1 heterocycles. The molecule has 3 nitrogen and oxygen atoms in total. The highest BCUT2D eigenvalue weighted by Gasteiger charge is 2.27. The van der Waals surface area contributed by atoms with E-state index < -0.39 is 18.2 Å². The molecule has 0 aromatic heterocycles. The van der Waals surface area contributed by atoms with Crippen molar-refractivity contribution in [2.75, 3.05) is 13.1 Å². The van der Waals surface area contributed by atoms with Crippen LogP contribution >= 0.6 is 0 Å². The molecule has 0 radical (unpaired) electrons. The van der Waals surface area contributed by atoms with Crippen LogP contribution < -0.4 is 0 Å². The number of hydrogen-bond acceptors (Lipinski definition) is 2. The van der Waals surface area contributed by atoms with Crippen LogP contribution in [0.25, 0.3) is 0 Å². The van der Waals surface area contributed by atoms with Gasteiger partial charge in [0, 0.05) is 13.1 Å². The summed E-state index contributed by atoms with van der Waals surface area (Å²) in [6.07, 6.45) is 0.808. The second-order valence-corrected chi connectivity index (χ2v) is 3.47. The summed E-state index contributed by atoms with van der Waals surface area (Å²) in [6.45, 7) is 3.00. The van der Waals surface area contributed by atoms with E-state index in [1.165, 1.54) is 0 Å². The van der Waals surface area contributed by atoms with Crippen LogP contribution in [0, 0.1) is 0 Å². The van der Waals surface area contributed by atoms with Crippen molar-refractivity contribution >= 4 is 5.97 Å². The highest BCUT2D eigenvalue weighted by atomic mass is 19.1. The normalized spacial score (nSPS) is 22.9. The first-order valence-electron chi connectivity index (χ1n) is 4.76. The Morgan fingerprint density at radius 3 is 2.54 bits per heavy atom. The molecule has 0 aliphatic carbocycles. The van der Waals surface area contributed by atoms with Gasteiger partial charge < -0.3 is 5.11 Å². The molecule has 0 amide bonds. The molecule has 0 unspecified atom stereocenters. The predicted octanol–water partition coefficient (Wildman–Crippen LogP) is 1.28. The Hall–Kier alpha value is -0.640. The zero-order valence-electron chi connectivity index (χ0n) is 7.87. The Morgan fingerprint density at radius 2 is 2.15 bits per heavy atom. The number of carbonyl (C=O) groups is 1. The molecule has 13 heavy (non-hydrogen) atoms. The molecule has 1 aliphatic rings. The van der Waals surface area contributed by atoms with Crippen LogP contribution in [0.4, 0.5) is 4.39 Å². The van der Waals surface area contributed by atoms with Crippen molar-refractivity contribution in [1.29, 1.82) is 0 Å². The molecular formula is C9H16FNO2. The van der Waals surface area contributed by atoms with Gasteiger partial charge in [0.05, 0.1) is 0 Å². The summed E-state index contributed by atoms with van der Waals surface area (Å²) in [5, 5.41) is 8.86. The van der Waals surface area contributed by atoms with Crippen LogP contribution in [0.15, 0.2) is 0 Å². The van der Waals surface area contributed by atoms with Gasteiger partial charge in [-0.25, -0.2) is 4.39 Å². The van der Waals surface area contributed by atoms with Gasteiger partial charge in [0.15, 0.2) is 0 Å². The molecule has 1 atom stereocenters. The second kappa shape index (κ2) is 4.56. The minimum absolute atomic E-state index is 0.424. The van der Waals surface area contributed by atoms with E-state index >= 15 is 0 Å². The quantitative estimate of drug-likeness (QED) is 0.727. The van der Waals surface area contributed by atoms with Crippen LogP contribution in [0.5, 0.6) is 0 Å². The fourth-order valence-corrected chi connectivity index (χ4v) is 1.77. The molecule has 1 rings (SSSR count). The average Bonchev–Trinajstić information content (AvgIpc) is 2.09. The van der Waals surface area contributed by atoms with E-state index in [2.05, 4.69) is 0 Å². The van der Waals surface area contributed by atoms with Gasteiger partial charge in [0.1, 0.15) is 12.2 Å². The van der Waals surface area contributed by atoms with Crippen LogP contribution in [0.3, 0.4) is 0 Å². The summed E-state index contributed by atoms with van der Waals surface area (Å²) in [7, 11) is 0. The predicted molar refractivity (Wildman–Crippen MR) is 47.4 cm³/mol. The van der Waals surface area contributed by atoms with E-state index in [0.717, 1.165) is 0 Å². The maximum absolute atomic E-state index is 12.8. The molecule has 1 saturated heterocycles. The van der Waals surface area contributed by atoms with Gasteiger partial charge in [-0.15, -0.1) is 0 Å². The number of carboxylic acids is 1. The fraction of sp³-hybridized carbons (Fsp3) is 0.889. The summed E-state index contributed by atoms with van der Waals surface area (Å²) in [6, 6.07) is -0.424. The van der Waals surface area contributed by atoms with Gasteiger partial charge in [-0.1, -0.05) is 6.92 Å². The smallest absolute Gasteiger partial charge is 0.320 e. The van der Waals surface area contributed by atoms with Gasteiger partial charge in [0.2, 0.25) is 0 Å². The van der Waals surface area contributed by atoms with Crippen molar-refractivity contribution in [3.63, 3.8) is 0 Å². The molecular weight excluding hydrogens is 173 g/mol. The van der Waals surface area contributed by atoms with Gasteiger partial charge in [-0.3, -0.25) is 9.69 Å². The van der Waals surface area contributed by atoms with Gasteiger partial charge in [-0.05, 0) is 19.3 Å². The Balaban J connectivity index is 2.46. The standard InChI is InChI=1S/C9H16FNO2/c1-2-8(9(12)13)11-5-3-7(10)4-6-11/h7-8H,2-6H2,1H3,(H,12,13)/t8-/m1/s1. The summed E-state index contributed by atoms with van der Waals surface area (Å²) in [5.74, 6) is -0.792. The number of aliphatic carboxylic acids is 1. The minimum Gasteiger partial charge on any atom is -0.480 e. The van der Waals surface area contributed by atoms with Crippen molar-refractivity contribution in [2.24, 2.45) is 0 Å². The van der Waals surface area contributed by atoms with Crippen LogP contribution in [0.1, 0.15) is 26.2 Å². The third-order valence-electron chi connectivity index (χ3n) is 2.57. The average molecular weight is 189 g/mol. The first kappa shape index (κ1) is 10.4. The highest BCUT2D eigenvalue weighted by Crippen LogP contribution is 2.17. The summed E-state index contributed by atoms with van der Waals surface area (Å²) >= 11 is 0. The fourth-order valence-electron chi connectivity index (χ4n) is 1.77. The first-order valence-corrected chi connectivity index (χ1v) is 4.76. The zero-order chi connectivity index (χ0) is 9.84. The minimum atomic E-state index is -0.792. The number of hydrogen-bond donors (Lipinski definition) is 1. The van der Waals surface area contributed by atoms with E-state index in [9.17, 15) is 9.18 Å². The largest absolute Gasteiger partial charge is 0.480 e. The molecule has 0 aromatic carbocycles. The van der Waals surface area contributed by atoms with Crippen LogP contribution in [-0.4, -0.2) is 41.3 Å². The Kier molecular flexibility index (Phi) is 3.66. The van der Waals surface area contributed by atoms with Gasteiger partial charge in [0.25, 0.3) is 0 Å². The number of piperidine rings is 1. The van der Waals surface area contributed by atoms with E-state index in [0.29, 0.717) is 32.4 Å². The van der Waals surface area contributed by atoms with E-state index in [-0.39, 0.29) is 0 Å². The number of alkyl halides is 1. The summed E-state index contributed by atoms with van der Waals surface area (Å²) in [4.78, 5) is 12.6. The summed E-state index contributed by atoms with van der Waals surface area (Å²) in [5.41, 5.74) is 0. The molecule has 0 spiro atoms. The molecule has 0 bridgehead atoms. The third kappa shape index (κ3) is 2.66. The van der Waals surface area contributed by atoms with Crippen molar-refractivity contribution in [1.82, 2.24) is 4.90 Å². The zero-order valence-corrected chi connectivity index (χ0v) is 7.87. The maximum atomic E-state index is 12.8. The second-order valence-electron chi connectivity index (χ2n) is 3.47. The van der Waals surface area contributed by atoms with Gasteiger partial charge >= 0.3 is 5.97 Å². The number of halogens is 1. The molecule has 0 aromatic rings. The number of rotatable bonds is 3. The van der Waals surface area contributed by atoms with Gasteiger partial charge in [-0.2, -0.15) is 0 Å². The van der Waals surface area contributed by atoms with E-state index in [1.54, 1.807) is 0 Å². The maximum Gasteiger partial charge on any atom is 0.320 e. The van der Waals surface area contributed by atoms with Crippen molar-refractivity contribution in [3.05, 3.63) is 0 Å². The topological polar surface area (TPSA) is 40.5 Å². The lowest BCUT2D eigenvalue weighted by Crippen LogP contribution is -2.45. The van der Waals surface area contributed by atoms with E-state index in [1.807, 2.05) is 11.8 Å². The molecule has 1 aliphatic heterocycles. The Bertz CT molecular complexity index is 178.